The van der Waals surface area contributed by atoms with Gasteiger partial charge in [-0.25, -0.2) is 0 Å². The molecule has 0 amide bonds. The number of thioether (sulfide) groups is 1. The highest BCUT2D eigenvalue weighted by Crippen LogP contribution is 2.11. The van der Waals surface area contributed by atoms with E-state index in [1.165, 1.54) is 63.1 Å². The quantitative estimate of drug-likeness (QED) is 0.509. The van der Waals surface area contributed by atoms with Crippen molar-refractivity contribution in [3.8, 4) is 0 Å². The summed E-state index contributed by atoms with van der Waals surface area (Å²) in [5.41, 5.74) is 0. The molecule has 0 aromatic heterocycles. The number of carbonyl (C=O) groups excluding carboxylic acids is 1. The number of unbranched alkanes of at least 4 members (excludes halogenated alkanes) is 8. The molecule has 0 aliphatic carbocycles. The zero-order valence-corrected chi connectivity index (χ0v) is 10.9. The van der Waals surface area contributed by atoms with Crippen LogP contribution in [0.4, 0.5) is 0 Å². The predicted molar refractivity (Wildman–Crippen MR) is 70.0 cm³/mol. The molecule has 0 aliphatic heterocycles. The summed E-state index contributed by atoms with van der Waals surface area (Å²) >= 11 is 1.46. The molecule has 1 nitrogen and oxygen atoms in total. The molecule has 0 rings (SSSR count). The lowest BCUT2D eigenvalue weighted by molar-refractivity contribution is -0.109. The summed E-state index contributed by atoms with van der Waals surface area (Å²) < 4.78 is 0. The van der Waals surface area contributed by atoms with Crippen LogP contribution in [0.5, 0.6) is 0 Å². The number of carbonyl (C=O) groups is 1. The van der Waals surface area contributed by atoms with Crippen LogP contribution < -0.4 is 0 Å². The lowest BCUT2D eigenvalue weighted by atomic mass is 10.1. The van der Waals surface area contributed by atoms with Crippen molar-refractivity contribution in [1.82, 2.24) is 0 Å². The third-order valence-electron chi connectivity index (χ3n) is 2.45. The van der Waals surface area contributed by atoms with E-state index in [9.17, 15) is 4.79 Å². The van der Waals surface area contributed by atoms with E-state index < -0.39 is 0 Å². The molecule has 0 atom stereocenters. The van der Waals surface area contributed by atoms with Crippen LogP contribution in [0, 0.1) is 6.92 Å². The highest BCUT2D eigenvalue weighted by atomic mass is 32.2. The fourth-order valence-corrected chi connectivity index (χ4v) is 2.19. The van der Waals surface area contributed by atoms with Crippen LogP contribution in [-0.4, -0.2) is 10.9 Å². The molecule has 0 unspecified atom stereocenters. The number of rotatable bonds is 10. The van der Waals surface area contributed by atoms with Crippen LogP contribution >= 0.6 is 11.8 Å². The van der Waals surface area contributed by atoms with E-state index in [0.29, 0.717) is 0 Å². The average Bonchev–Trinajstić information content (AvgIpc) is 2.20. The maximum absolute atomic E-state index is 10.6. The van der Waals surface area contributed by atoms with E-state index in [1.54, 1.807) is 6.92 Å². The Kier molecular flexibility index (Phi) is 12.1. The smallest absolute Gasteiger partial charge is 0.185 e. The molecule has 0 heterocycles. The normalized spacial score (nSPS) is 10.5. The van der Waals surface area contributed by atoms with Crippen molar-refractivity contribution in [2.75, 3.05) is 5.75 Å². The van der Waals surface area contributed by atoms with Gasteiger partial charge in [0.05, 0.1) is 0 Å². The molecule has 89 valence electrons. The largest absolute Gasteiger partial charge is 0.288 e. The predicted octanol–water partition coefficient (Wildman–Crippen LogP) is 4.61. The van der Waals surface area contributed by atoms with Crippen LogP contribution in [0.3, 0.4) is 0 Å². The van der Waals surface area contributed by atoms with Gasteiger partial charge in [0.1, 0.15) is 0 Å². The molecular weight excluding hydrogens is 204 g/mol. The Bertz CT molecular complexity index is 145. The first kappa shape index (κ1) is 15.0. The first-order valence-corrected chi connectivity index (χ1v) is 7.18. The molecule has 2 heteroatoms. The Balaban J connectivity index is 2.89. The molecule has 0 saturated heterocycles. The van der Waals surface area contributed by atoms with Crippen LogP contribution in [0.15, 0.2) is 0 Å². The monoisotopic (exact) mass is 229 g/mol. The molecule has 0 bridgehead atoms. The third kappa shape index (κ3) is 14.0. The highest BCUT2D eigenvalue weighted by Gasteiger charge is 1.94. The van der Waals surface area contributed by atoms with Crippen molar-refractivity contribution in [1.29, 1.82) is 0 Å². The van der Waals surface area contributed by atoms with Gasteiger partial charge in [0.2, 0.25) is 0 Å². The van der Waals surface area contributed by atoms with Crippen molar-refractivity contribution in [2.24, 2.45) is 0 Å². The Morgan fingerprint density at radius 2 is 1.40 bits per heavy atom. The summed E-state index contributed by atoms with van der Waals surface area (Å²) in [6.07, 6.45) is 11.7. The van der Waals surface area contributed by atoms with Gasteiger partial charge in [0, 0.05) is 12.7 Å². The second-order valence-corrected chi connectivity index (χ2v) is 5.29. The SMILES string of the molecule is [CH2]CCCCCCCCCCSC(C)=O. The Morgan fingerprint density at radius 1 is 0.933 bits per heavy atom. The summed E-state index contributed by atoms with van der Waals surface area (Å²) in [4.78, 5) is 10.6. The molecule has 15 heavy (non-hydrogen) atoms. The molecule has 0 N–H and O–H groups in total. The Morgan fingerprint density at radius 3 is 1.87 bits per heavy atom. The van der Waals surface area contributed by atoms with Crippen LogP contribution in [0.25, 0.3) is 0 Å². The lowest BCUT2D eigenvalue weighted by Crippen LogP contribution is -1.87. The fourth-order valence-electron chi connectivity index (χ4n) is 1.56. The fraction of sp³-hybridized carbons (Fsp3) is 0.846. The highest BCUT2D eigenvalue weighted by molar-refractivity contribution is 8.13. The summed E-state index contributed by atoms with van der Waals surface area (Å²) in [6.45, 7) is 5.48. The van der Waals surface area contributed by atoms with E-state index in [1.807, 2.05) is 0 Å². The zero-order chi connectivity index (χ0) is 11.4. The minimum Gasteiger partial charge on any atom is -0.288 e. The summed E-state index contributed by atoms with van der Waals surface area (Å²) in [6, 6.07) is 0. The van der Waals surface area contributed by atoms with E-state index in [2.05, 4.69) is 6.92 Å². The van der Waals surface area contributed by atoms with Crippen molar-refractivity contribution in [2.45, 2.75) is 64.7 Å². The zero-order valence-electron chi connectivity index (χ0n) is 10.1. The van der Waals surface area contributed by atoms with Gasteiger partial charge in [-0.3, -0.25) is 4.79 Å². The maximum Gasteiger partial charge on any atom is 0.185 e. The summed E-state index contributed by atoms with van der Waals surface area (Å²) in [7, 11) is 0. The van der Waals surface area contributed by atoms with E-state index in [4.69, 9.17) is 0 Å². The minimum absolute atomic E-state index is 0.253. The molecule has 0 spiro atoms. The number of hydrogen-bond donors (Lipinski definition) is 0. The molecule has 0 fully saturated rings. The van der Waals surface area contributed by atoms with Crippen LogP contribution in [-0.2, 0) is 4.79 Å². The minimum atomic E-state index is 0.253. The summed E-state index contributed by atoms with van der Waals surface area (Å²) in [5.74, 6) is 1.01. The second-order valence-electron chi connectivity index (χ2n) is 4.02. The summed E-state index contributed by atoms with van der Waals surface area (Å²) in [5, 5.41) is 0.253. The standard InChI is InChI=1S/C13H25OS/c1-3-4-5-6-7-8-9-10-11-12-15-13(2)14/h1,3-12H2,2H3. The lowest BCUT2D eigenvalue weighted by Gasteiger charge is -2.01. The van der Waals surface area contributed by atoms with Crippen molar-refractivity contribution < 1.29 is 4.79 Å². The topological polar surface area (TPSA) is 17.1 Å². The number of hydrogen-bond acceptors (Lipinski definition) is 2. The Hall–Kier alpha value is 0.0200. The van der Waals surface area contributed by atoms with Gasteiger partial charge in [-0.15, -0.1) is 0 Å². The molecule has 0 saturated carbocycles. The van der Waals surface area contributed by atoms with E-state index in [0.717, 1.165) is 12.2 Å². The van der Waals surface area contributed by atoms with Gasteiger partial charge in [0.15, 0.2) is 5.12 Å². The Labute approximate surface area is 99.4 Å². The van der Waals surface area contributed by atoms with Crippen LogP contribution in [0.2, 0.25) is 0 Å². The van der Waals surface area contributed by atoms with E-state index in [-0.39, 0.29) is 5.12 Å². The van der Waals surface area contributed by atoms with Gasteiger partial charge in [-0.05, 0) is 6.42 Å². The molecule has 1 radical (unpaired) electrons. The second kappa shape index (κ2) is 12.1. The van der Waals surface area contributed by atoms with Gasteiger partial charge < -0.3 is 0 Å². The maximum atomic E-state index is 10.6. The van der Waals surface area contributed by atoms with Crippen molar-refractivity contribution >= 4 is 16.9 Å². The molecular formula is C13H25OS. The van der Waals surface area contributed by atoms with Gasteiger partial charge in [0.25, 0.3) is 0 Å². The van der Waals surface area contributed by atoms with E-state index >= 15 is 0 Å². The van der Waals surface area contributed by atoms with Crippen LogP contribution in [0.1, 0.15) is 64.7 Å². The van der Waals surface area contributed by atoms with Gasteiger partial charge in [-0.2, -0.15) is 0 Å². The molecule has 0 aromatic carbocycles. The first-order valence-electron chi connectivity index (χ1n) is 6.20. The van der Waals surface area contributed by atoms with Gasteiger partial charge in [-0.1, -0.05) is 70.1 Å². The third-order valence-corrected chi connectivity index (χ3v) is 3.35. The molecule has 0 aliphatic rings. The van der Waals surface area contributed by atoms with Gasteiger partial charge >= 0.3 is 0 Å². The molecule has 0 aromatic rings. The van der Waals surface area contributed by atoms with Crippen molar-refractivity contribution in [3.05, 3.63) is 6.92 Å². The van der Waals surface area contributed by atoms with Crippen molar-refractivity contribution in [3.63, 3.8) is 0 Å². The first-order chi connectivity index (χ1) is 7.27. The average molecular weight is 229 g/mol.